The number of ether oxygens (including phenoxy) is 1. The molecular weight excluding hydrogens is 262 g/mol. The van der Waals surface area contributed by atoms with Gasteiger partial charge in [0.15, 0.2) is 0 Å². The normalized spacial score (nSPS) is 20.2. The van der Waals surface area contributed by atoms with E-state index in [0.717, 1.165) is 19.4 Å². The molecule has 0 radical (unpaired) electrons. The van der Waals surface area contributed by atoms with Crippen molar-refractivity contribution in [1.82, 2.24) is 4.90 Å². The molecule has 1 amide bonds. The monoisotopic (exact) mass is 287 g/mol. The van der Waals surface area contributed by atoms with Crippen LogP contribution < -0.4 is 0 Å². The van der Waals surface area contributed by atoms with Gasteiger partial charge in [-0.2, -0.15) is 0 Å². The zero-order chi connectivity index (χ0) is 14.5. The van der Waals surface area contributed by atoms with Gasteiger partial charge in [0, 0.05) is 17.8 Å². The van der Waals surface area contributed by atoms with Crippen molar-refractivity contribution < 1.29 is 14.3 Å². The standard InChI is InChI=1S/C14H25NO3S/c1-5-18-13(17)11-7-6-8-15(9-11)12(16)10-19-14(2,3)4/h11H,5-10H2,1-4H3. The molecule has 1 heterocycles. The molecule has 1 atom stereocenters. The molecule has 1 rings (SSSR count). The van der Waals surface area contributed by atoms with Crippen LogP contribution in [-0.2, 0) is 14.3 Å². The Labute approximate surface area is 120 Å². The summed E-state index contributed by atoms with van der Waals surface area (Å²) in [6, 6.07) is 0. The van der Waals surface area contributed by atoms with Crippen LogP contribution in [0.5, 0.6) is 0 Å². The fourth-order valence-electron chi connectivity index (χ4n) is 2.03. The van der Waals surface area contributed by atoms with Crippen molar-refractivity contribution in [2.24, 2.45) is 5.92 Å². The summed E-state index contributed by atoms with van der Waals surface area (Å²) in [6.45, 7) is 9.79. The lowest BCUT2D eigenvalue weighted by Crippen LogP contribution is -2.43. The highest BCUT2D eigenvalue weighted by Crippen LogP contribution is 2.25. The molecule has 0 aromatic rings. The Morgan fingerprint density at radius 2 is 2.05 bits per heavy atom. The van der Waals surface area contributed by atoms with Crippen LogP contribution in [0.2, 0.25) is 0 Å². The third-order valence-electron chi connectivity index (χ3n) is 3.02. The average molecular weight is 287 g/mol. The quantitative estimate of drug-likeness (QED) is 0.745. The first-order valence-corrected chi connectivity index (χ1v) is 7.90. The number of hydrogen-bond acceptors (Lipinski definition) is 4. The summed E-state index contributed by atoms with van der Waals surface area (Å²) in [5.74, 6) is 0.314. The second-order valence-electron chi connectivity index (χ2n) is 5.83. The minimum atomic E-state index is -0.163. The van der Waals surface area contributed by atoms with E-state index in [-0.39, 0.29) is 22.5 Å². The molecule has 110 valence electrons. The fraction of sp³-hybridized carbons (Fsp3) is 0.857. The number of carbonyl (C=O) groups is 2. The Morgan fingerprint density at radius 1 is 1.37 bits per heavy atom. The first-order chi connectivity index (χ1) is 8.83. The SMILES string of the molecule is CCOC(=O)C1CCCN(C(=O)CSC(C)(C)C)C1. The van der Waals surface area contributed by atoms with E-state index < -0.39 is 0 Å². The molecule has 0 aromatic heterocycles. The molecule has 0 N–H and O–H groups in total. The van der Waals surface area contributed by atoms with Crippen LogP contribution in [0.4, 0.5) is 0 Å². The van der Waals surface area contributed by atoms with Crippen LogP contribution in [0.1, 0.15) is 40.5 Å². The first kappa shape index (κ1) is 16.3. The van der Waals surface area contributed by atoms with Crippen LogP contribution in [-0.4, -0.2) is 47.0 Å². The lowest BCUT2D eigenvalue weighted by molar-refractivity contribution is -0.151. The predicted octanol–water partition coefficient (Wildman–Crippen LogP) is 2.32. The minimum Gasteiger partial charge on any atom is -0.466 e. The zero-order valence-corrected chi connectivity index (χ0v) is 13.2. The molecule has 1 aliphatic rings. The molecule has 5 heteroatoms. The Balaban J connectivity index is 2.45. The molecule has 0 aliphatic carbocycles. The number of hydrogen-bond donors (Lipinski definition) is 0. The molecule has 0 aromatic carbocycles. The maximum Gasteiger partial charge on any atom is 0.310 e. The lowest BCUT2D eigenvalue weighted by Gasteiger charge is -2.32. The van der Waals surface area contributed by atoms with E-state index in [4.69, 9.17) is 4.74 Å². The van der Waals surface area contributed by atoms with Gasteiger partial charge in [-0.1, -0.05) is 20.8 Å². The minimum absolute atomic E-state index is 0.0893. The van der Waals surface area contributed by atoms with Crippen LogP contribution in [0.15, 0.2) is 0 Å². The number of thioether (sulfide) groups is 1. The summed E-state index contributed by atoms with van der Waals surface area (Å²) in [5.41, 5.74) is 0. The number of piperidine rings is 1. The molecule has 0 bridgehead atoms. The predicted molar refractivity (Wildman–Crippen MR) is 78.1 cm³/mol. The van der Waals surface area contributed by atoms with Crippen molar-refractivity contribution in [2.75, 3.05) is 25.4 Å². The molecule has 0 spiro atoms. The van der Waals surface area contributed by atoms with Crippen molar-refractivity contribution in [3.8, 4) is 0 Å². The highest BCUT2D eigenvalue weighted by Gasteiger charge is 2.29. The number of esters is 1. The number of carbonyl (C=O) groups excluding carboxylic acids is 2. The Kier molecular flexibility index (Phi) is 6.17. The van der Waals surface area contributed by atoms with Gasteiger partial charge in [-0.3, -0.25) is 9.59 Å². The molecule has 0 saturated carbocycles. The summed E-state index contributed by atoms with van der Waals surface area (Å²) >= 11 is 1.65. The van der Waals surface area contributed by atoms with Crippen molar-refractivity contribution >= 4 is 23.6 Å². The molecular formula is C14H25NO3S. The van der Waals surface area contributed by atoms with Gasteiger partial charge in [0.25, 0.3) is 0 Å². The van der Waals surface area contributed by atoms with E-state index in [1.54, 1.807) is 11.8 Å². The van der Waals surface area contributed by atoms with E-state index >= 15 is 0 Å². The summed E-state index contributed by atoms with van der Waals surface area (Å²) in [7, 11) is 0. The summed E-state index contributed by atoms with van der Waals surface area (Å²) in [6.07, 6.45) is 1.71. The maximum atomic E-state index is 12.1. The highest BCUT2D eigenvalue weighted by molar-refractivity contribution is 8.01. The molecule has 1 aliphatic heterocycles. The number of nitrogens with zero attached hydrogens (tertiary/aromatic N) is 1. The number of likely N-dealkylation sites (tertiary alicyclic amines) is 1. The van der Waals surface area contributed by atoms with Crippen LogP contribution in [0, 0.1) is 5.92 Å². The second kappa shape index (κ2) is 7.17. The second-order valence-corrected chi connectivity index (χ2v) is 7.63. The van der Waals surface area contributed by atoms with Gasteiger partial charge in [0.05, 0.1) is 18.3 Å². The van der Waals surface area contributed by atoms with Gasteiger partial charge >= 0.3 is 5.97 Å². The van der Waals surface area contributed by atoms with Gasteiger partial charge in [0.2, 0.25) is 5.91 Å². The van der Waals surface area contributed by atoms with Gasteiger partial charge in [0.1, 0.15) is 0 Å². The molecule has 19 heavy (non-hydrogen) atoms. The van der Waals surface area contributed by atoms with E-state index in [9.17, 15) is 9.59 Å². The topological polar surface area (TPSA) is 46.6 Å². The number of amides is 1. The molecule has 1 fully saturated rings. The van der Waals surface area contributed by atoms with Crippen LogP contribution in [0.3, 0.4) is 0 Å². The maximum absolute atomic E-state index is 12.1. The Hall–Kier alpha value is -0.710. The largest absolute Gasteiger partial charge is 0.466 e. The van der Waals surface area contributed by atoms with Crippen LogP contribution >= 0.6 is 11.8 Å². The average Bonchev–Trinajstić information content (AvgIpc) is 2.35. The first-order valence-electron chi connectivity index (χ1n) is 6.92. The van der Waals surface area contributed by atoms with Gasteiger partial charge in [-0.15, -0.1) is 11.8 Å². The third kappa shape index (κ3) is 5.85. The van der Waals surface area contributed by atoms with Crippen molar-refractivity contribution in [3.05, 3.63) is 0 Å². The Morgan fingerprint density at radius 3 is 2.63 bits per heavy atom. The van der Waals surface area contributed by atoms with Crippen molar-refractivity contribution in [1.29, 1.82) is 0 Å². The van der Waals surface area contributed by atoms with Gasteiger partial charge < -0.3 is 9.64 Å². The van der Waals surface area contributed by atoms with E-state index in [2.05, 4.69) is 20.8 Å². The zero-order valence-electron chi connectivity index (χ0n) is 12.4. The van der Waals surface area contributed by atoms with Crippen molar-refractivity contribution in [2.45, 2.75) is 45.3 Å². The lowest BCUT2D eigenvalue weighted by atomic mass is 9.98. The smallest absolute Gasteiger partial charge is 0.310 e. The molecule has 4 nitrogen and oxygen atoms in total. The fourth-order valence-corrected chi connectivity index (χ4v) is 2.76. The number of rotatable bonds is 4. The van der Waals surface area contributed by atoms with Crippen molar-refractivity contribution in [3.63, 3.8) is 0 Å². The van der Waals surface area contributed by atoms with E-state index in [1.165, 1.54) is 0 Å². The summed E-state index contributed by atoms with van der Waals surface area (Å²) in [4.78, 5) is 25.7. The summed E-state index contributed by atoms with van der Waals surface area (Å²) in [5, 5.41) is 0. The highest BCUT2D eigenvalue weighted by atomic mass is 32.2. The third-order valence-corrected chi connectivity index (χ3v) is 4.28. The Bertz CT molecular complexity index is 325. The van der Waals surface area contributed by atoms with Crippen LogP contribution in [0.25, 0.3) is 0 Å². The van der Waals surface area contributed by atoms with E-state index in [0.29, 0.717) is 18.9 Å². The van der Waals surface area contributed by atoms with E-state index in [1.807, 2.05) is 11.8 Å². The molecule has 1 saturated heterocycles. The van der Waals surface area contributed by atoms with Gasteiger partial charge in [-0.05, 0) is 19.8 Å². The molecule has 1 unspecified atom stereocenters. The van der Waals surface area contributed by atoms with Gasteiger partial charge in [-0.25, -0.2) is 0 Å². The summed E-state index contributed by atoms with van der Waals surface area (Å²) < 4.78 is 5.13.